The highest BCUT2D eigenvalue weighted by Gasteiger charge is 2.02. The predicted octanol–water partition coefficient (Wildman–Crippen LogP) is 0.921. The average Bonchev–Trinajstić information content (AvgIpc) is 2.60. The fraction of sp³-hybridized carbons (Fsp3) is 0.364. The Morgan fingerprint density at radius 2 is 2.27 bits per heavy atom. The Labute approximate surface area is 89.3 Å². The van der Waals surface area contributed by atoms with Crippen LogP contribution in [-0.2, 0) is 13.6 Å². The second-order valence-electron chi connectivity index (χ2n) is 3.88. The molecule has 0 saturated carbocycles. The Balaban J connectivity index is 2.31. The monoisotopic (exact) mass is 204 g/mol. The highest BCUT2D eigenvalue weighted by atomic mass is 15.1. The highest BCUT2D eigenvalue weighted by molar-refractivity contribution is 5.75. The van der Waals surface area contributed by atoms with Crippen LogP contribution in [0.15, 0.2) is 24.5 Å². The van der Waals surface area contributed by atoms with Gasteiger partial charge in [-0.3, -0.25) is 4.90 Å². The number of imidazole rings is 1. The van der Waals surface area contributed by atoms with Gasteiger partial charge in [0.05, 0.1) is 17.4 Å². The van der Waals surface area contributed by atoms with Crippen molar-refractivity contribution in [1.29, 1.82) is 0 Å². The summed E-state index contributed by atoms with van der Waals surface area (Å²) in [7, 11) is 4.00. The standard InChI is InChI=1S/C11H16N4/c1-14(7-12)6-9-3-4-11-10(5-9)13-8-15(11)2/h3-5,8H,6-7,12H2,1-2H3. The number of nitrogens with two attached hydrogens (primary N) is 1. The summed E-state index contributed by atoms with van der Waals surface area (Å²) in [5, 5.41) is 0. The van der Waals surface area contributed by atoms with Crippen LogP contribution in [0.25, 0.3) is 11.0 Å². The van der Waals surface area contributed by atoms with Gasteiger partial charge in [-0.15, -0.1) is 0 Å². The summed E-state index contributed by atoms with van der Waals surface area (Å²) in [6.45, 7) is 1.43. The molecule has 0 radical (unpaired) electrons. The van der Waals surface area contributed by atoms with E-state index in [-0.39, 0.29) is 0 Å². The van der Waals surface area contributed by atoms with Gasteiger partial charge in [0, 0.05) is 20.3 Å². The number of benzene rings is 1. The molecule has 0 aliphatic heterocycles. The number of hydrogen-bond donors (Lipinski definition) is 1. The van der Waals surface area contributed by atoms with Crippen LogP contribution in [-0.4, -0.2) is 28.2 Å². The van der Waals surface area contributed by atoms with Crippen molar-refractivity contribution < 1.29 is 0 Å². The van der Waals surface area contributed by atoms with E-state index in [1.165, 1.54) is 5.56 Å². The molecular weight excluding hydrogens is 188 g/mol. The smallest absolute Gasteiger partial charge is 0.0955 e. The van der Waals surface area contributed by atoms with E-state index in [0.717, 1.165) is 17.6 Å². The van der Waals surface area contributed by atoms with Gasteiger partial charge in [-0.25, -0.2) is 4.98 Å². The molecule has 15 heavy (non-hydrogen) atoms. The third-order valence-electron chi connectivity index (χ3n) is 2.55. The number of rotatable bonds is 3. The largest absolute Gasteiger partial charge is 0.334 e. The van der Waals surface area contributed by atoms with E-state index in [4.69, 9.17) is 5.73 Å². The first-order valence-electron chi connectivity index (χ1n) is 4.99. The number of aromatic nitrogens is 2. The lowest BCUT2D eigenvalue weighted by atomic mass is 10.2. The van der Waals surface area contributed by atoms with E-state index < -0.39 is 0 Å². The minimum Gasteiger partial charge on any atom is -0.334 e. The zero-order valence-corrected chi connectivity index (χ0v) is 9.14. The van der Waals surface area contributed by atoms with Crippen molar-refractivity contribution >= 4 is 11.0 Å². The summed E-state index contributed by atoms with van der Waals surface area (Å²) in [5.41, 5.74) is 8.99. The first-order chi connectivity index (χ1) is 7.20. The maximum absolute atomic E-state index is 5.54. The van der Waals surface area contributed by atoms with Crippen LogP contribution in [0.5, 0.6) is 0 Å². The summed E-state index contributed by atoms with van der Waals surface area (Å²) >= 11 is 0. The lowest BCUT2D eigenvalue weighted by Crippen LogP contribution is -2.24. The summed E-state index contributed by atoms with van der Waals surface area (Å²) in [6.07, 6.45) is 1.83. The summed E-state index contributed by atoms with van der Waals surface area (Å²) < 4.78 is 2.02. The van der Waals surface area contributed by atoms with E-state index in [2.05, 4.69) is 28.1 Å². The van der Waals surface area contributed by atoms with E-state index in [1.54, 1.807) is 0 Å². The normalized spacial score (nSPS) is 11.5. The molecule has 2 N–H and O–H groups in total. The second kappa shape index (κ2) is 4.00. The molecule has 0 amide bonds. The van der Waals surface area contributed by atoms with E-state index in [1.807, 2.05) is 25.0 Å². The molecule has 0 fully saturated rings. The molecule has 1 aromatic heterocycles. The van der Waals surface area contributed by atoms with Crippen LogP contribution >= 0.6 is 0 Å². The Morgan fingerprint density at radius 1 is 1.47 bits per heavy atom. The molecule has 0 unspecified atom stereocenters. The molecule has 0 aliphatic rings. The maximum Gasteiger partial charge on any atom is 0.0955 e. The lowest BCUT2D eigenvalue weighted by molar-refractivity contribution is 0.337. The number of aryl methyl sites for hydroxylation is 1. The quantitative estimate of drug-likeness (QED) is 0.756. The minimum atomic E-state index is 0.570. The topological polar surface area (TPSA) is 47.1 Å². The molecule has 4 nitrogen and oxygen atoms in total. The van der Waals surface area contributed by atoms with Gasteiger partial charge in [0.15, 0.2) is 0 Å². The molecule has 0 aliphatic carbocycles. The summed E-state index contributed by atoms with van der Waals surface area (Å²) in [5.74, 6) is 0. The molecule has 80 valence electrons. The minimum absolute atomic E-state index is 0.570. The predicted molar refractivity (Wildman–Crippen MR) is 61.2 cm³/mol. The third-order valence-corrected chi connectivity index (χ3v) is 2.55. The van der Waals surface area contributed by atoms with E-state index >= 15 is 0 Å². The maximum atomic E-state index is 5.54. The van der Waals surface area contributed by atoms with Gasteiger partial charge in [-0.05, 0) is 24.7 Å². The molecule has 1 aromatic carbocycles. The Kier molecular flexibility index (Phi) is 2.70. The average molecular weight is 204 g/mol. The molecule has 0 atom stereocenters. The van der Waals surface area contributed by atoms with Gasteiger partial charge >= 0.3 is 0 Å². The Hall–Kier alpha value is -1.39. The van der Waals surface area contributed by atoms with Crippen molar-refractivity contribution in [3.8, 4) is 0 Å². The SMILES string of the molecule is CN(CN)Cc1ccc2c(c1)ncn2C. The lowest BCUT2D eigenvalue weighted by Gasteiger charge is -2.13. The Bertz CT molecular complexity index is 461. The zero-order valence-electron chi connectivity index (χ0n) is 9.14. The number of hydrogen-bond acceptors (Lipinski definition) is 3. The highest BCUT2D eigenvalue weighted by Crippen LogP contribution is 2.14. The van der Waals surface area contributed by atoms with Crippen LogP contribution in [0.2, 0.25) is 0 Å². The van der Waals surface area contributed by atoms with Crippen LogP contribution in [0.1, 0.15) is 5.56 Å². The van der Waals surface area contributed by atoms with Crippen LogP contribution in [0.4, 0.5) is 0 Å². The molecule has 4 heteroatoms. The second-order valence-corrected chi connectivity index (χ2v) is 3.88. The van der Waals surface area contributed by atoms with E-state index in [9.17, 15) is 0 Å². The summed E-state index contributed by atoms with van der Waals surface area (Å²) in [6, 6.07) is 6.33. The van der Waals surface area contributed by atoms with Gasteiger partial charge in [-0.2, -0.15) is 0 Å². The van der Waals surface area contributed by atoms with Crippen molar-refractivity contribution in [1.82, 2.24) is 14.5 Å². The van der Waals surface area contributed by atoms with Crippen molar-refractivity contribution in [2.45, 2.75) is 6.54 Å². The van der Waals surface area contributed by atoms with Crippen LogP contribution in [0.3, 0.4) is 0 Å². The van der Waals surface area contributed by atoms with Crippen molar-refractivity contribution in [2.75, 3.05) is 13.7 Å². The molecule has 0 saturated heterocycles. The van der Waals surface area contributed by atoms with Crippen LogP contribution < -0.4 is 5.73 Å². The van der Waals surface area contributed by atoms with Gasteiger partial charge < -0.3 is 10.3 Å². The first-order valence-corrected chi connectivity index (χ1v) is 4.99. The van der Waals surface area contributed by atoms with Crippen molar-refractivity contribution in [3.05, 3.63) is 30.1 Å². The fourth-order valence-corrected chi connectivity index (χ4v) is 1.66. The van der Waals surface area contributed by atoms with Crippen molar-refractivity contribution in [2.24, 2.45) is 12.8 Å². The van der Waals surface area contributed by atoms with Crippen molar-refractivity contribution in [3.63, 3.8) is 0 Å². The molecule has 0 bridgehead atoms. The molecular formula is C11H16N4. The van der Waals surface area contributed by atoms with E-state index in [0.29, 0.717) is 6.67 Å². The first kappa shape index (κ1) is 10.1. The fourth-order valence-electron chi connectivity index (χ4n) is 1.66. The van der Waals surface area contributed by atoms with Gasteiger partial charge in [-0.1, -0.05) is 6.07 Å². The Morgan fingerprint density at radius 3 is 3.00 bits per heavy atom. The van der Waals surface area contributed by atoms with Gasteiger partial charge in [0.25, 0.3) is 0 Å². The molecule has 0 spiro atoms. The third kappa shape index (κ3) is 2.00. The number of fused-ring (bicyclic) bond motifs is 1. The van der Waals surface area contributed by atoms with Crippen LogP contribution in [0, 0.1) is 0 Å². The molecule has 2 aromatic rings. The molecule has 1 heterocycles. The number of nitrogens with zero attached hydrogens (tertiary/aromatic N) is 3. The zero-order chi connectivity index (χ0) is 10.8. The van der Waals surface area contributed by atoms with Gasteiger partial charge in [0.1, 0.15) is 0 Å². The molecule has 2 rings (SSSR count). The summed E-state index contributed by atoms with van der Waals surface area (Å²) in [4.78, 5) is 6.38. The van der Waals surface area contributed by atoms with Gasteiger partial charge in [0.2, 0.25) is 0 Å².